The minimum atomic E-state index is 0.250. The van der Waals surface area contributed by atoms with Gasteiger partial charge < -0.3 is 5.73 Å². The van der Waals surface area contributed by atoms with E-state index in [0.29, 0.717) is 0 Å². The molecule has 0 aromatic carbocycles. The van der Waals surface area contributed by atoms with Crippen molar-refractivity contribution in [3.05, 3.63) is 0 Å². The highest BCUT2D eigenvalue weighted by Gasteiger charge is 2.15. The molecule has 2 nitrogen and oxygen atoms in total. The zero-order valence-electron chi connectivity index (χ0n) is 10.3. The van der Waals surface area contributed by atoms with Gasteiger partial charge in [0.05, 0.1) is 0 Å². The molecule has 1 amide bonds. The highest BCUT2D eigenvalue weighted by molar-refractivity contribution is 5.42. The van der Waals surface area contributed by atoms with Gasteiger partial charge >= 0.3 is 0 Å². The number of primary amides is 1. The molecule has 1 aliphatic carbocycles. The predicted molar refractivity (Wildman–Crippen MR) is 63.0 cm³/mol. The van der Waals surface area contributed by atoms with Crippen LogP contribution in [0.3, 0.4) is 0 Å². The maximum absolute atomic E-state index is 8.58. The van der Waals surface area contributed by atoms with Crippen molar-refractivity contribution in [2.45, 2.75) is 59.8 Å². The lowest BCUT2D eigenvalue weighted by Crippen LogP contribution is -2.10. The summed E-state index contributed by atoms with van der Waals surface area (Å²) >= 11 is 0. The summed E-state index contributed by atoms with van der Waals surface area (Å²) < 4.78 is 0. The first-order chi connectivity index (χ1) is 6.74. The van der Waals surface area contributed by atoms with Gasteiger partial charge in [-0.25, -0.2) is 0 Å². The Bertz CT molecular complexity index is 107. The van der Waals surface area contributed by atoms with Gasteiger partial charge in [0, 0.05) is 0 Å². The van der Waals surface area contributed by atoms with Gasteiger partial charge in [-0.2, -0.15) is 0 Å². The van der Waals surface area contributed by atoms with Gasteiger partial charge in [0.25, 0.3) is 0 Å². The summed E-state index contributed by atoms with van der Waals surface area (Å²) in [5, 5.41) is 0. The standard InChI is InChI=1S/C9H18.C2H6.CH3NO/c1-3-9-6-4-8(2)5-7-9;1-2;2-1-3/h8-9H,3-7H2,1-2H3;1-2H3;1H,(H2,2,3). The third kappa shape index (κ3) is 9.56. The third-order valence-corrected chi connectivity index (χ3v) is 2.71. The number of hydrogen-bond acceptors (Lipinski definition) is 1. The van der Waals surface area contributed by atoms with Gasteiger partial charge in [-0.3, -0.25) is 4.79 Å². The Balaban J connectivity index is 0. The van der Waals surface area contributed by atoms with Crippen LogP contribution < -0.4 is 5.73 Å². The first-order valence-electron chi connectivity index (χ1n) is 5.89. The summed E-state index contributed by atoms with van der Waals surface area (Å²) in [5.74, 6) is 2.09. The lowest BCUT2D eigenvalue weighted by Gasteiger charge is -2.24. The molecular weight excluding hydrogens is 174 g/mol. The molecule has 0 aromatic rings. The molecular formula is C12H27NO. The molecule has 0 radical (unpaired) electrons. The largest absolute Gasteiger partial charge is 0.372 e. The van der Waals surface area contributed by atoms with Crippen LogP contribution in [-0.4, -0.2) is 6.41 Å². The fourth-order valence-electron chi connectivity index (χ4n) is 1.74. The second kappa shape index (κ2) is 12.5. The second-order valence-electron chi connectivity index (χ2n) is 3.67. The normalized spacial score (nSPS) is 24.9. The van der Waals surface area contributed by atoms with Crippen molar-refractivity contribution in [2.24, 2.45) is 17.6 Å². The zero-order valence-corrected chi connectivity index (χ0v) is 10.3. The summed E-state index contributed by atoms with van der Waals surface area (Å²) in [7, 11) is 0. The van der Waals surface area contributed by atoms with E-state index in [4.69, 9.17) is 4.79 Å². The van der Waals surface area contributed by atoms with Crippen LogP contribution in [0.1, 0.15) is 59.8 Å². The van der Waals surface area contributed by atoms with Gasteiger partial charge in [0.1, 0.15) is 0 Å². The summed E-state index contributed by atoms with van der Waals surface area (Å²) in [4.78, 5) is 8.58. The van der Waals surface area contributed by atoms with Gasteiger partial charge in [0.2, 0.25) is 6.41 Å². The number of rotatable bonds is 1. The summed E-state index contributed by atoms with van der Waals surface area (Å²) in [5.41, 5.74) is 4.17. The molecule has 2 N–H and O–H groups in total. The Kier molecular flexibility index (Phi) is 14.2. The van der Waals surface area contributed by atoms with Crippen molar-refractivity contribution in [1.29, 1.82) is 0 Å². The molecule has 0 unspecified atom stereocenters. The highest BCUT2D eigenvalue weighted by atomic mass is 16.1. The molecule has 86 valence electrons. The molecule has 0 saturated heterocycles. The first kappa shape index (κ1) is 15.9. The SMILES string of the molecule is CC.CCC1CCC(C)CC1.NC=O. The Morgan fingerprint density at radius 3 is 1.86 bits per heavy atom. The van der Waals surface area contributed by atoms with Crippen LogP contribution in [0.4, 0.5) is 0 Å². The minimum absolute atomic E-state index is 0.250. The predicted octanol–water partition coefficient (Wildman–Crippen LogP) is 3.35. The summed E-state index contributed by atoms with van der Waals surface area (Å²) in [6, 6.07) is 0. The van der Waals surface area contributed by atoms with Crippen molar-refractivity contribution in [3.8, 4) is 0 Å². The maximum Gasteiger partial charge on any atom is 0.204 e. The van der Waals surface area contributed by atoms with E-state index in [0.717, 1.165) is 11.8 Å². The van der Waals surface area contributed by atoms with Crippen LogP contribution in [0.15, 0.2) is 0 Å². The van der Waals surface area contributed by atoms with Gasteiger partial charge in [-0.05, 0) is 11.8 Å². The number of amides is 1. The molecule has 1 rings (SSSR count). The quantitative estimate of drug-likeness (QED) is 0.650. The molecule has 0 aromatic heterocycles. The number of carbonyl (C=O) groups is 1. The lowest BCUT2D eigenvalue weighted by molar-refractivity contribution is -0.106. The van der Waals surface area contributed by atoms with Crippen molar-refractivity contribution < 1.29 is 4.79 Å². The van der Waals surface area contributed by atoms with E-state index in [9.17, 15) is 0 Å². The van der Waals surface area contributed by atoms with Crippen molar-refractivity contribution in [3.63, 3.8) is 0 Å². The van der Waals surface area contributed by atoms with Crippen molar-refractivity contribution >= 4 is 6.41 Å². The van der Waals surface area contributed by atoms with Crippen molar-refractivity contribution in [1.82, 2.24) is 0 Å². The highest BCUT2D eigenvalue weighted by Crippen LogP contribution is 2.29. The van der Waals surface area contributed by atoms with Crippen LogP contribution in [0.2, 0.25) is 0 Å². The number of carbonyl (C=O) groups excluding carboxylic acids is 1. The molecule has 0 heterocycles. The topological polar surface area (TPSA) is 43.1 Å². The first-order valence-corrected chi connectivity index (χ1v) is 5.89. The van der Waals surface area contributed by atoms with Crippen LogP contribution >= 0.6 is 0 Å². The minimum Gasteiger partial charge on any atom is -0.372 e. The molecule has 1 aliphatic rings. The van der Waals surface area contributed by atoms with E-state index in [1.54, 1.807) is 0 Å². The van der Waals surface area contributed by atoms with Crippen LogP contribution in [0.25, 0.3) is 0 Å². The average Bonchev–Trinajstić information content (AvgIpc) is 2.23. The van der Waals surface area contributed by atoms with Crippen LogP contribution in [-0.2, 0) is 4.79 Å². The Morgan fingerprint density at radius 1 is 1.21 bits per heavy atom. The Hall–Kier alpha value is -0.530. The molecule has 14 heavy (non-hydrogen) atoms. The summed E-state index contributed by atoms with van der Waals surface area (Å²) in [6.07, 6.45) is 7.62. The fraction of sp³-hybridized carbons (Fsp3) is 0.917. The Morgan fingerprint density at radius 2 is 1.57 bits per heavy atom. The molecule has 1 fully saturated rings. The van der Waals surface area contributed by atoms with Crippen molar-refractivity contribution in [2.75, 3.05) is 0 Å². The molecule has 0 atom stereocenters. The smallest absolute Gasteiger partial charge is 0.204 e. The monoisotopic (exact) mass is 201 g/mol. The van der Waals surface area contributed by atoms with E-state index < -0.39 is 0 Å². The second-order valence-corrected chi connectivity index (χ2v) is 3.67. The fourth-order valence-corrected chi connectivity index (χ4v) is 1.74. The number of hydrogen-bond donors (Lipinski definition) is 1. The Labute approximate surface area is 89.3 Å². The van der Waals surface area contributed by atoms with E-state index in [2.05, 4.69) is 19.6 Å². The van der Waals surface area contributed by atoms with E-state index >= 15 is 0 Å². The third-order valence-electron chi connectivity index (χ3n) is 2.71. The molecule has 0 aliphatic heterocycles. The summed E-state index contributed by atoms with van der Waals surface area (Å²) in [6.45, 7) is 8.70. The van der Waals surface area contributed by atoms with Crippen LogP contribution in [0.5, 0.6) is 0 Å². The van der Waals surface area contributed by atoms with Gasteiger partial charge in [-0.1, -0.05) is 59.8 Å². The van der Waals surface area contributed by atoms with Gasteiger partial charge in [-0.15, -0.1) is 0 Å². The molecule has 2 heteroatoms. The molecule has 0 spiro atoms. The van der Waals surface area contributed by atoms with E-state index in [-0.39, 0.29) is 6.41 Å². The van der Waals surface area contributed by atoms with E-state index in [1.165, 1.54) is 32.1 Å². The molecule has 1 saturated carbocycles. The molecule has 0 bridgehead atoms. The van der Waals surface area contributed by atoms with E-state index in [1.807, 2.05) is 13.8 Å². The lowest BCUT2D eigenvalue weighted by atomic mass is 9.82. The van der Waals surface area contributed by atoms with Gasteiger partial charge in [0.15, 0.2) is 0 Å². The number of nitrogens with two attached hydrogens (primary N) is 1. The average molecular weight is 201 g/mol. The zero-order chi connectivity index (χ0) is 11.4. The maximum atomic E-state index is 8.58. The van der Waals surface area contributed by atoms with Crippen LogP contribution in [0, 0.1) is 11.8 Å².